The molecule has 0 aliphatic heterocycles. The van der Waals surface area contributed by atoms with Crippen LogP contribution >= 0.6 is 0 Å². The molecule has 9 heavy (non-hydrogen) atoms. The van der Waals surface area contributed by atoms with E-state index in [1.54, 1.807) is 12.2 Å². The van der Waals surface area contributed by atoms with Crippen molar-refractivity contribution in [3.8, 4) is 0 Å². The number of halogens is 1. The maximum atomic E-state index is 12.5. The predicted molar refractivity (Wildman–Crippen MR) is 35.2 cm³/mol. The second-order valence-electron chi connectivity index (χ2n) is 2.39. The van der Waals surface area contributed by atoms with Crippen molar-refractivity contribution in [2.75, 3.05) is 0 Å². The molecule has 1 unspecified atom stereocenters. The largest absolute Gasteiger partial charge is 0.397 e. The smallest absolute Gasteiger partial charge is 0.142 e. The third kappa shape index (κ3) is 1.31. The minimum Gasteiger partial charge on any atom is -0.397 e. The van der Waals surface area contributed by atoms with Crippen LogP contribution in [-0.2, 0) is 0 Å². The fraction of sp³-hybridized carbons (Fsp3) is 0.429. The summed E-state index contributed by atoms with van der Waals surface area (Å²) in [5, 5.41) is 0. The van der Waals surface area contributed by atoms with E-state index in [2.05, 4.69) is 0 Å². The van der Waals surface area contributed by atoms with Crippen LogP contribution in [0.4, 0.5) is 4.39 Å². The minimum atomic E-state index is -0.270. The number of nitrogens with two attached hydrogens (primary N) is 1. The van der Waals surface area contributed by atoms with E-state index in [-0.39, 0.29) is 11.5 Å². The van der Waals surface area contributed by atoms with Gasteiger partial charge in [0.25, 0.3) is 0 Å². The van der Waals surface area contributed by atoms with Crippen LogP contribution in [0.1, 0.15) is 13.3 Å². The van der Waals surface area contributed by atoms with Crippen LogP contribution in [0.3, 0.4) is 0 Å². The highest BCUT2D eigenvalue weighted by Crippen LogP contribution is 2.19. The number of hydrogen-bond donors (Lipinski definition) is 1. The van der Waals surface area contributed by atoms with Gasteiger partial charge in [-0.1, -0.05) is 13.0 Å². The monoisotopic (exact) mass is 127 g/mol. The van der Waals surface area contributed by atoms with Gasteiger partial charge in [-0.05, 0) is 18.4 Å². The van der Waals surface area contributed by atoms with Crippen LogP contribution in [0.15, 0.2) is 23.7 Å². The van der Waals surface area contributed by atoms with Crippen molar-refractivity contribution in [1.29, 1.82) is 0 Å². The van der Waals surface area contributed by atoms with Crippen LogP contribution in [0.2, 0.25) is 0 Å². The van der Waals surface area contributed by atoms with Gasteiger partial charge in [0.15, 0.2) is 0 Å². The predicted octanol–water partition coefficient (Wildman–Crippen LogP) is 1.72. The van der Waals surface area contributed by atoms with Crippen LogP contribution in [0, 0.1) is 5.92 Å². The molecule has 0 aromatic rings. The maximum absolute atomic E-state index is 12.5. The average molecular weight is 127 g/mol. The first kappa shape index (κ1) is 6.33. The Balaban J connectivity index is 2.75. The van der Waals surface area contributed by atoms with Crippen molar-refractivity contribution in [1.82, 2.24) is 0 Å². The molecule has 0 amide bonds. The van der Waals surface area contributed by atoms with Gasteiger partial charge >= 0.3 is 0 Å². The fourth-order valence-corrected chi connectivity index (χ4v) is 0.824. The third-order valence-electron chi connectivity index (χ3n) is 1.42. The van der Waals surface area contributed by atoms with Crippen molar-refractivity contribution >= 4 is 0 Å². The zero-order chi connectivity index (χ0) is 6.85. The van der Waals surface area contributed by atoms with E-state index in [0.717, 1.165) is 6.42 Å². The van der Waals surface area contributed by atoms with Crippen molar-refractivity contribution in [3.05, 3.63) is 23.7 Å². The van der Waals surface area contributed by atoms with Crippen molar-refractivity contribution in [3.63, 3.8) is 0 Å². The lowest BCUT2D eigenvalue weighted by Crippen LogP contribution is -2.05. The third-order valence-corrected chi connectivity index (χ3v) is 1.42. The van der Waals surface area contributed by atoms with E-state index in [1.165, 1.54) is 0 Å². The summed E-state index contributed by atoms with van der Waals surface area (Å²) in [7, 11) is 0. The van der Waals surface area contributed by atoms with Gasteiger partial charge in [0.1, 0.15) is 5.83 Å². The first-order chi connectivity index (χ1) is 4.20. The lowest BCUT2D eigenvalue weighted by atomic mass is 10.0. The van der Waals surface area contributed by atoms with Crippen LogP contribution in [0.5, 0.6) is 0 Å². The molecule has 0 saturated heterocycles. The lowest BCUT2D eigenvalue weighted by Gasteiger charge is -2.09. The molecule has 0 radical (unpaired) electrons. The van der Waals surface area contributed by atoms with Gasteiger partial charge in [-0.2, -0.15) is 0 Å². The molecule has 2 heteroatoms. The summed E-state index contributed by atoms with van der Waals surface area (Å²) in [5.74, 6) is 0.0334. The van der Waals surface area contributed by atoms with Gasteiger partial charge in [-0.25, -0.2) is 4.39 Å². The maximum Gasteiger partial charge on any atom is 0.142 e. The zero-order valence-electron chi connectivity index (χ0n) is 5.39. The highest BCUT2D eigenvalue weighted by atomic mass is 19.1. The topological polar surface area (TPSA) is 26.0 Å². The summed E-state index contributed by atoms with van der Waals surface area (Å²) in [6, 6.07) is 0. The first-order valence-electron chi connectivity index (χ1n) is 3.03. The van der Waals surface area contributed by atoms with Crippen LogP contribution in [-0.4, -0.2) is 0 Å². The molecule has 1 rings (SSSR count). The number of allylic oxidation sites excluding steroid dienone is 3. The summed E-state index contributed by atoms with van der Waals surface area (Å²) in [5.41, 5.74) is 5.54. The van der Waals surface area contributed by atoms with Crippen molar-refractivity contribution in [2.45, 2.75) is 13.3 Å². The number of hydrogen-bond acceptors (Lipinski definition) is 1. The van der Waals surface area contributed by atoms with E-state index in [4.69, 9.17) is 5.73 Å². The summed E-state index contributed by atoms with van der Waals surface area (Å²) in [4.78, 5) is 0. The molecule has 0 fully saturated rings. The summed E-state index contributed by atoms with van der Waals surface area (Å²) >= 11 is 0. The Kier molecular flexibility index (Phi) is 1.56. The van der Waals surface area contributed by atoms with E-state index in [9.17, 15) is 4.39 Å². The van der Waals surface area contributed by atoms with Gasteiger partial charge in [0.2, 0.25) is 0 Å². The second kappa shape index (κ2) is 2.21. The zero-order valence-corrected chi connectivity index (χ0v) is 5.39. The Morgan fingerprint density at radius 2 is 2.44 bits per heavy atom. The fourth-order valence-electron chi connectivity index (χ4n) is 0.824. The molecule has 2 N–H and O–H groups in total. The van der Waals surface area contributed by atoms with Gasteiger partial charge in [0.05, 0.1) is 5.70 Å². The molecular formula is C7H10FN. The Hall–Kier alpha value is -0.790. The molecule has 1 atom stereocenters. The summed E-state index contributed by atoms with van der Waals surface area (Å²) in [6.45, 7) is 1.96. The van der Waals surface area contributed by atoms with Crippen LogP contribution < -0.4 is 5.73 Å². The summed E-state index contributed by atoms with van der Waals surface area (Å²) in [6.07, 6.45) is 4.13. The molecule has 0 aromatic heterocycles. The van der Waals surface area contributed by atoms with E-state index >= 15 is 0 Å². The van der Waals surface area contributed by atoms with E-state index < -0.39 is 0 Å². The summed E-state index contributed by atoms with van der Waals surface area (Å²) < 4.78 is 12.5. The molecule has 0 saturated carbocycles. The van der Waals surface area contributed by atoms with Crippen molar-refractivity contribution < 1.29 is 4.39 Å². The molecule has 0 bridgehead atoms. The SMILES string of the molecule is CC1C=C(F)C(N)=CC1. The van der Waals surface area contributed by atoms with E-state index in [0.29, 0.717) is 5.92 Å². The molecule has 1 aliphatic rings. The molecule has 0 heterocycles. The lowest BCUT2D eigenvalue weighted by molar-refractivity contribution is 0.598. The number of rotatable bonds is 0. The second-order valence-corrected chi connectivity index (χ2v) is 2.39. The molecule has 1 aliphatic carbocycles. The molecular weight excluding hydrogens is 117 g/mol. The molecule has 0 aromatic carbocycles. The highest BCUT2D eigenvalue weighted by molar-refractivity contribution is 5.26. The van der Waals surface area contributed by atoms with Crippen LogP contribution in [0.25, 0.3) is 0 Å². The molecule has 50 valence electrons. The van der Waals surface area contributed by atoms with Gasteiger partial charge < -0.3 is 5.73 Å². The Bertz CT molecular complexity index is 170. The van der Waals surface area contributed by atoms with Gasteiger partial charge in [0, 0.05) is 0 Å². The standard InChI is InChI=1S/C7H10FN/c1-5-2-3-7(9)6(8)4-5/h3-5H,2,9H2,1H3. The van der Waals surface area contributed by atoms with E-state index in [1.807, 2.05) is 6.92 Å². The molecule has 0 spiro atoms. The van der Waals surface area contributed by atoms with Crippen molar-refractivity contribution in [2.24, 2.45) is 11.7 Å². The Morgan fingerprint density at radius 3 is 2.89 bits per heavy atom. The van der Waals surface area contributed by atoms with Gasteiger partial charge in [-0.3, -0.25) is 0 Å². The Morgan fingerprint density at radius 1 is 1.78 bits per heavy atom. The van der Waals surface area contributed by atoms with Gasteiger partial charge in [-0.15, -0.1) is 0 Å². The average Bonchev–Trinajstić information content (AvgIpc) is 1.80. The minimum absolute atomic E-state index is 0.270. The highest BCUT2D eigenvalue weighted by Gasteiger charge is 2.08. The normalized spacial score (nSPS) is 27.1. The Labute approximate surface area is 54.0 Å². The first-order valence-corrected chi connectivity index (χ1v) is 3.03. The molecule has 1 nitrogen and oxygen atoms in total. The quantitative estimate of drug-likeness (QED) is 0.526.